The second-order valence-corrected chi connectivity index (χ2v) is 5.70. The Hall–Kier alpha value is -0.580. The van der Waals surface area contributed by atoms with E-state index in [0.717, 1.165) is 35.3 Å². The second-order valence-electron chi connectivity index (χ2n) is 4.85. The van der Waals surface area contributed by atoms with Crippen LogP contribution in [0.25, 0.3) is 0 Å². The van der Waals surface area contributed by atoms with Gasteiger partial charge in [-0.3, -0.25) is 0 Å². The summed E-state index contributed by atoms with van der Waals surface area (Å²) in [6.07, 6.45) is 1.49. The molecule has 1 unspecified atom stereocenters. The molecule has 1 N–H and O–H groups in total. The maximum absolute atomic E-state index is 10.5. The van der Waals surface area contributed by atoms with Crippen molar-refractivity contribution in [3.8, 4) is 5.75 Å². The third-order valence-electron chi connectivity index (χ3n) is 3.30. The highest BCUT2D eigenvalue weighted by Crippen LogP contribution is 2.30. The lowest BCUT2D eigenvalue weighted by atomic mass is 9.94. The van der Waals surface area contributed by atoms with Gasteiger partial charge in [0.05, 0.1) is 12.7 Å². The molecule has 0 bridgehead atoms. The Labute approximate surface area is 111 Å². The van der Waals surface area contributed by atoms with Crippen LogP contribution in [0.2, 0.25) is 0 Å². The number of hydrogen-bond donors (Lipinski definition) is 1. The Balaban J connectivity index is 2.17. The molecule has 1 heterocycles. The highest BCUT2D eigenvalue weighted by molar-refractivity contribution is 9.10. The normalized spacial score (nSPS) is 25.2. The van der Waals surface area contributed by atoms with Gasteiger partial charge >= 0.3 is 0 Å². The van der Waals surface area contributed by atoms with E-state index in [0.29, 0.717) is 6.42 Å². The fourth-order valence-corrected chi connectivity index (χ4v) is 2.76. The summed E-state index contributed by atoms with van der Waals surface area (Å²) >= 11 is 3.53. The number of aliphatic hydroxyl groups is 1. The highest BCUT2D eigenvalue weighted by atomic mass is 79.9. The summed E-state index contributed by atoms with van der Waals surface area (Å²) in [6, 6.07) is 5.87. The number of halogens is 1. The summed E-state index contributed by atoms with van der Waals surface area (Å²) in [5.41, 5.74) is 0.492. The zero-order valence-electron chi connectivity index (χ0n) is 10.2. The van der Waals surface area contributed by atoms with Crippen LogP contribution in [0.4, 0.5) is 0 Å². The van der Waals surface area contributed by atoms with E-state index in [1.54, 1.807) is 7.11 Å². The van der Waals surface area contributed by atoms with Crippen LogP contribution in [0, 0.1) is 0 Å². The summed E-state index contributed by atoms with van der Waals surface area (Å²) in [6.45, 7) is 1.69. The average Bonchev–Trinajstić information content (AvgIpc) is 2.62. The Morgan fingerprint density at radius 3 is 2.88 bits per heavy atom. The minimum absolute atomic E-state index is 0.608. The van der Waals surface area contributed by atoms with Crippen LogP contribution in [-0.4, -0.2) is 42.9 Å². The smallest absolute Gasteiger partial charge is 0.119 e. The van der Waals surface area contributed by atoms with Gasteiger partial charge in [-0.15, -0.1) is 0 Å². The number of benzene rings is 1. The predicted molar refractivity (Wildman–Crippen MR) is 71.5 cm³/mol. The summed E-state index contributed by atoms with van der Waals surface area (Å²) in [5.74, 6) is 0.832. The summed E-state index contributed by atoms with van der Waals surface area (Å²) in [7, 11) is 3.70. The molecule has 0 amide bonds. The molecule has 1 aliphatic rings. The van der Waals surface area contributed by atoms with Gasteiger partial charge < -0.3 is 14.7 Å². The van der Waals surface area contributed by atoms with Crippen LogP contribution in [0.3, 0.4) is 0 Å². The van der Waals surface area contributed by atoms with E-state index < -0.39 is 5.60 Å². The van der Waals surface area contributed by atoms with Gasteiger partial charge in [0, 0.05) is 24.0 Å². The van der Waals surface area contributed by atoms with E-state index in [4.69, 9.17) is 4.74 Å². The maximum atomic E-state index is 10.5. The molecular weight excluding hydrogens is 282 g/mol. The van der Waals surface area contributed by atoms with Crippen molar-refractivity contribution in [1.29, 1.82) is 0 Å². The quantitative estimate of drug-likeness (QED) is 0.927. The molecule has 17 heavy (non-hydrogen) atoms. The van der Waals surface area contributed by atoms with E-state index in [1.165, 1.54) is 0 Å². The van der Waals surface area contributed by atoms with Gasteiger partial charge in [-0.1, -0.05) is 15.9 Å². The van der Waals surface area contributed by atoms with Crippen molar-refractivity contribution in [2.45, 2.75) is 18.4 Å². The predicted octanol–water partition coefficient (Wildman–Crippen LogP) is 2.07. The Kier molecular flexibility index (Phi) is 3.76. The van der Waals surface area contributed by atoms with Gasteiger partial charge in [0.15, 0.2) is 0 Å². The molecule has 0 spiro atoms. The molecule has 1 atom stereocenters. The number of likely N-dealkylation sites (tertiary alicyclic amines) is 1. The van der Waals surface area contributed by atoms with E-state index in [-0.39, 0.29) is 0 Å². The summed E-state index contributed by atoms with van der Waals surface area (Å²) < 4.78 is 6.24. The Bertz CT molecular complexity index is 410. The second kappa shape index (κ2) is 4.96. The minimum Gasteiger partial charge on any atom is -0.497 e. The van der Waals surface area contributed by atoms with Gasteiger partial charge in [0.25, 0.3) is 0 Å². The number of nitrogens with zero attached hydrogens (tertiary/aromatic N) is 1. The van der Waals surface area contributed by atoms with Gasteiger partial charge in [0.1, 0.15) is 5.75 Å². The van der Waals surface area contributed by atoms with Gasteiger partial charge in [-0.25, -0.2) is 0 Å². The topological polar surface area (TPSA) is 32.7 Å². The number of methoxy groups -OCH3 is 1. The number of hydrogen-bond acceptors (Lipinski definition) is 3. The van der Waals surface area contributed by atoms with Crippen molar-refractivity contribution in [2.24, 2.45) is 0 Å². The molecular formula is C13H18BrNO2. The van der Waals surface area contributed by atoms with Crippen LogP contribution < -0.4 is 4.74 Å². The molecule has 0 saturated carbocycles. The van der Waals surface area contributed by atoms with E-state index >= 15 is 0 Å². The van der Waals surface area contributed by atoms with Crippen molar-refractivity contribution in [3.63, 3.8) is 0 Å². The molecule has 1 saturated heterocycles. The van der Waals surface area contributed by atoms with Crippen LogP contribution >= 0.6 is 15.9 Å². The molecule has 0 aliphatic carbocycles. The standard InChI is InChI=1S/C13H18BrNO2/c1-15-6-5-13(16,9-15)8-10-7-11(17-2)3-4-12(10)14/h3-4,7,16H,5-6,8-9H2,1-2H3. The fraction of sp³-hybridized carbons (Fsp3) is 0.538. The Morgan fingerprint density at radius 1 is 1.53 bits per heavy atom. The third kappa shape index (κ3) is 3.00. The number of likely N-dealkylation sites (N-methyl/N-ethyl adjacent to an activating group) is 1. The van der Waals surface area contributed by atoms with Gasteiger partial charge in [0.2, 0.25) is 0 Å². The lowest BCUT2D eigenvalue weighted by Gasteiger charge is -2.23. The van der Waals surface area contributed by atoms with Crippen LogP contribution in [0.15, 0.2) is 22.7 Å². The van der Waals surface area contributed by atoms with E-state index in [2.05, 4.69) is 20.8 Å². The zero-order chi connectivity index (χ0) is 12.5. The van der Waals surface area contributed by atoms with Crippen molar-refractivity contribution in [3.05, 3.63) is 28.2 Å². The molecule has 94 valence electrons. The monoisotopic (exact) mass is 299 g/mol. The first-order valence-electron chi connectivity index (χ1n) is 5.76. The third-order valence-corrected chi connectivity index (χ3v) is 4.07. The number of ether oxygens (including phenoxy) is 1. The Morgan fingerprint density at radius 2 is 2.29 bits per heavy atom. The SMILES string of the molecule is COc1ccc(Br)c(CC2(O)CCN(C)C2)c1. The molecule has 2 rings (SSSR count). The number of rotatable bonds is 3. The van der Waals surface area contributed by atoms with E-state index in [1.807, 2.05) is 25.2 Å². The first-order chi connectivity index (χ1) is 8.02. The lowest BCUT2D eigenvalue weighted by Crippen LogP contribution is -2.34. The minimum atomic E-state index is -0.608. The highest BCUT2D eigenvalue weighted by Gasteiger charge is 2.34. The number of β-amino-alcohol motifs (C(OH)–C–C–N with tert-alkyl or cyclic N) is 1. The largest absolute Gasteiger partial charge is 0.497 e. The van der Waals surface area contributed by atoms with Crippen LogP contribution in [0.5, 0.6) is 5.75 Å². The van der Waals surface area contributed by atoms with Crippen LogP contribution in [-0.2, 0) is 6.42 Å². The van der Waals surface area contributed by atoms with Crippen molar-refractivity contribution in [1.82, 2.24) is 4.90 Å². The maximum Gasteiger partial charge on any atom is 0.119 e. The molecule has 3 nitrogen and oxygen atoms in total. The first-order valence-corrected chi connectivity index (χ1v) is 6.55. The fourth-order valence-electron chi connectivity index (χ4n) is 2.37. The molecule has 1 aromatic carbocycles. The van der Waals surface area contributed by atoms with Crippen molar-refractivity contribution >= 4 is 15.9 Å². The first kappa shape index (κ1) is 12.9. The van der Waals surface area contributed by atoms with Crippen molar-refractivity contribution < 1.29 is 9.84 Å². The molecule has 1 aromatic rings. The van der Waals surface area contributed by atoms with E-state index in [9.17, 15) is 5.11 Å². The van der Waals surface area contributed by atoms with Gasteiger partial charge in [-0.2, -0.15) is 0 Å². The molecule has 4 heteroatoms. The van der Waals surface area contributed by atoms with Crippen LogP contribution in [0.1, 0.15) is 12.0 Å². The molecule has 1 fully saturated rings. The molecule has 1 aliphatic heterocycles. The molecule has 0 aromatic heterocycles. The van der Waals surface area contributed by atoms with Crippen molar-refractivity contribution in [2.75, 3.05) is 27.2 Å². The zero-order valence-corrected chi connectivity index (χ0v) is 11.8. The lowest BCUT2D eigenvalue weighted by molar-refractivity contribution is 0.0521. The van der Waals surface area contributed by atoms with Gasteiger partial charge in [-0.05, 0) is 37.2 Å². The summed E-state index contributed by atoms with van der Waals surface area (Å²) in [4.78, 5) is 2.16. The summed E-state index contributed by atoms with van der Waals surface area (Å²) in [5, 5.41) is 10.5. The molecule has 0 radical (unpaired) electrons. The average molecular weight is 300 g/mol.